The van der Waals surface area contributed by atoms with Crippen molar-refractivity contribution >= 4 is 35.1 Å². The zero-order valence-electron chi connectivity index (χ0n) is 11.2. The van der Waals surface area contributed by atoms with Crippen LogP contribution >= 0.6 is 23.2 Å². The number of carbonyl (C=O) groups excluding carboxylic acids is 2. The molecule has 1 fully saturated rings. The van der Waals surface area contributed by atoms with Crippen LogP contribution in [0.15, 0.2) is 18.2 Å². The molecule has 5 nitrogen and oxygen atoms in total. The number of hydrogen-bond acceptors (Lipinski definition) is 4. The number of benzene rings is 1. The number of carbonyl (C=O) groups is 2. The molecule has 1 aliphatic heterocycles. The summed E-state index contributed by atoms with van der Waals surface area (Å²) in [5.41, 5.74) is 0.257. The van der Waals surface area contributed by atoms with Crippen molar-refractivity contribution in [3.8, 4) is 0 Å². The van der Waals surface area contributed by atoms with Crippen LogP contribution < -0.4 is 5.32 Å². The summed E-state index contributed by atoms with van der Waals surface area (Å²) in [6.45, 7) is 0.703. The maximum absolute atomic E-state index is 11.9. The summed E-state index contributed by atoms with van der Waals surface area (Å²) >= 11 is 11.7. The van der Waals surface area contributed by atoms with Gasteiger partial charge < -0.3 is 14.8 Å². The van der Waals surface area contributed by atoms with Crippen molar-refractivity contribution < 1.29 is 19.1 Å². The standard InChI is InChI=1S/C14H15Cl2NO4/c15-9-3-4-11(12(16)6-9)14(19)17-7-13(18)21-8-10-2-1-5-20-10/h3-4,6,10H,1-2,5,7-8H2,(H,17,19). The lowest BCUT2D eigenvalue weighted by Crippen LogP contribution is -2.32. The zero-order valence-corrected chi connectivity index (χ0v) is 12.7. The molecule has 1 aliphatic rings. The molecule has 1 amide bonds. The fourth-order valence-electron chi connectivity index (χ4n) is 1.93. The van der Waals surface area contributed by atoms with Crippen LogP contribution in [-0.2, 0) is 14.3 Å². The van der Waals surface area contributed by atoms with Gasteiger partial charge in [-0.05, 0) is 31.0 Å². The number of ether oxygens (including phenoxy) is 2. The number of amides is 1. The molecule has 1 atom stereocenters. The molecule has 1 heterocycles. The van der Waals surface area contributed by atoms with Gasteiger partial charge in [0.15, 0.2) is 0 Å². The summed E-state index contributed by atoms with van der Waals surface area (Å²) in [4.78, 5) is 23.4. The van der Waals surface area contributed by atoms with Gasteiger partial charge in [0, 0.05) is 11.6 Å². The minimum atomic E-state index is -0.510. The van der Waals surface area contributed by atoms with Gasteiger partial charge in [0.1, 0.15) is 13.2 Å². The SMILES string of the molecule is O=C(CNC(=O)c1ccc(Cl)cc1Cl)OCC1CCCO1. The summed E-state index contributed by atoms with van der Waals surface area (Å²) in [5.74, 6) is -0.963. The Morgan fingerprint density at radius 2 is 2.19 bits per heavy atom. The summed E-state index contributed by atoms with van der Waals surface area (Å²) < 4.78 is 10.4. The first kappa shape index (κ1) is 16.1. The monoisotopic (exact) mass is 331 g/mol. The van der Waals surface area contributed by atoms with Crippen molar-refractivity contribution in [1.29, 1.82) is 0 Å². The smallest absolute Gasteiger partial charge is 0.325 e. The molecule has 1 saturated heterocycles. The van der Waals surface area contributed by atoms with Gasteiger partial charge in [0.2, 0.25) is 0 Å². The Bertz CT molecular complexity index is 530. The molecule has 0 aromatic heterocycles. The second-order valence-electron chi connectivity index (χ2n) is 4.62. The van der Waals surface area contributed by atoms with E-state index in [1.807, 2.05) is 0 Å². The Hall–Kier alpha value is -1.30. The highest BCUT2D eigenvalue weighted by Gasteiger charge is 2.18. The van der Waals surface area contributed by atoms with Gasteiger partial charge in [-0.2, -0.15) is 0 Å². The lowest BCUT2D eigenvalue weighted by molar-refractivity contribution is -0.145. The molecule has 21 heavy (non-hydrogen) atoms. The van der Waals surface area contributed by atoms with Crippen LogP contribution in [0.2, 0.25) is 10.0 Å². The zero-order chi connectivity index (χ0) is 15.2. The first-order chi connectivity index (χ1) is 10.1. The predicted molar refractivity (Wildman–Crippen MR) is 78.7 cm³/mol. The van der Waals surface area contributed by atoms with E-state index in [1.165, 1.54) is 12.1 Å². The first-order valence-corrected chi connectivity index (χ1v) is 7.32. The summed E-state index contributed by atoms with van der Waals surface area (Å²) in [6, 6.07) is 4.52. The van der Waals surface area contributed by atoms with Crippen LogP contribution in [0.25, 0.3) is 0 Å². The number of halogens is 2. The van der Waals surface area contributed by atoms with Gasteiger partial charge in [0.25, 0.3) is 5.91 Å². The molecule has 0 saturated carbocycles. The van der Waals surface area contributed by atoms with Crippen molar-refractivity contribution in [2.45, 2.75) is 18.9 Å². The quantitative estimate of drug-likeness (QED) is 0.841. The molecule has 1 aromatic carbocycles. The van der Waals surface area contributed by atoms with Gasteiger partial charge in [0.05, 0.1) is 16.7 Å². The number of hydrogen-bond donors (Lipinski definition) is 1. The molecule has 7 heteroatoms. The van der Waals surface area contributed by atoms with E-state index in [9.17, 15) is 9.59 Å². The highest BCUT2D eigenvalue weighted by Crippen LogP contribution is 2.20. The van der Waals surface area contributed by atoms with E-state index < -0.39 is 11.9 Å². The lowest BCUT2D eigenvalue weighted by atomic mass is 10.2. The molecule has 1 unspecified atom stereocenters. The van der Waals surface area contributed by atoms with Crippen LogP contribution in [-0.4, -0.2) is 37.7 Å². The van der Waals surface area contributed by atoms with Crippen LogP contribution in [0.4, 0.5) is 0 Å². The molecule has 0 spiro atoms. The van der Waals surface area contributed by atoms with Gasteiger partial charge >= 0.3 is 5.97 Å². The molecule has 1 aromatic rings. The van der Waals surface area contributed by atoms with E-state index in [2.05, 4.69) is 5.32 Å². The lowest BCUT2D eigenvalue weighted by Gasteiger charge is -2.11. The molecule has 114 valence electrons. The topological polar surface area (TPSA) is 64.6 Å². The van der Waals surface area contributed by atoms with Crippen LogP contribution in [0.3, 0.4) is 0 Å². The molecule has 1 N–H and O–H groups in total. The van der Waals surface area contributed by atoms with E-state index in [1.54, 1.807) is 6.07 Å². The van der Waals surface area contributed by atoms with Gasteiger partial charge in [-0.15, -0.1) is 0 Å². The summed E-state index contributed by atoms with van der Waals surface area (Å²) in [6.07, 6.45) is 1.84. The predicted octanol–water partition coefficient (Wildman–Crippen LogP) is 2.45. The highest BCUT2D eigenvalue weighted by molar-refractivity contribution is 6.36. The fourth-order valence-corrected chi connectivity index (χ4v) is 2.43. The number of rotatable bonds is 5. The largest absolute Gasteiger partial charge is 0.462 e. The Balaban J connectivity index is 1.76. The van der Waals surface area contributed by atoms with E-state index in [-0.39, 0.29) is 29.8 Å². The van der Waals surface area contributed by atoms with Crippen molar-refractivity contribution in [2.24, 2.45) is 0 Å². The molecule has 0 aliphatic carbocycles. The summed E-state index contributed by atoms with van der Waals surface area (Å²) in [5, 5.41) is 3.12. The third-order valence-corrected chi connectivity index (χ3v) is 3.57. The molecular weight excluding hydrogens is 317 g/mol. The van der Waals surface area contributed by atoms with Gasteiger partial charge in [-0.3, -0.25) is 9.59 Å². The van der Waals surface area contributed by atoms with E-state index in [4.69, 9.17) is 32.7 Å². The average molecular weight is 332 g/mol. The van der Waals surface area contributed by atoms with Crippen LogP contribution in [0.1, 0.15) is 23.2 Å². The van der Waals surface area contributed by atoms with Crippen molar-refractivity contribution in [3.05, 3.63) is 33.8 Å². The van der Waals surface area contributed by atoms with Crippen molar-refractivity contribution in [2.75, 3.05) is 19.8 Å². The van der Waals surface area contributed by atoms with E-state index in [0.717, 1.165) is 12.8 Å². The van der Waals surface area contributed by atoms with Gasteiger partial charge in [-0.25, -0.2) is 0 Å². The molecule has 0 radical (unpaired) electrons. The Labute approximate surface area is 132 Å². The number of esters is 1. The second-order valence-corrected chi connectivity index (χ2v) is 5.47. The summed E-state index contributed by atoms with van der Waals surface area (Å²) in [7, 11) is 0. The van der Waals surface area contributed by atoms with Crippen molar-refractivity contribution in [3.63, 3.8) is 0 Å². The van der Waals surface area contributed by atoms with Crippen LogP contribution in [0.5, 0.6) is 0 Å². The Morgan fingerprint density at radius 1 is 1.38 bits per heavy atom. The molecular formula is C14H15Cl2NO4. The first-order valence-electron chi connectivity index (χ1n) is 6.57. The second kappa shape index (κ2) is 7.64. The molecule has 2 rings (SSSR count). The third kappa shape index (κ3) is 4.88. The molecule has 0 bridgehead atoms. The third-order valence-electron chi connectivity index (χ3n) is 3.02. The maximum Gasteiger partial charge on any atom is 0.325 e. The van der Waals surface area contributed by atoms with Crippen LogP contribution in [0, 0.1) is 0 Å². The number of nitrogens with one attached hydrogen (secondary N) is 1. The van der Waals surface area contributed by atoms with E-state index in [0.29, 0.717) is 11.6 Å². The minimum absolute atomic E-state index is 0.0321. The van der Waals surface area contributed by atoms with E-state index >= 15 is 0 Å². The Kier molecular flexibility index (Phi) is 5.85. The normalized spacial score (nSPS) is 17.5. The minimum Gasteiger partial charge on any atom is -0.462 e. The maximum atomic E-state index is 11.9. The van der Waals surface area contributed by atoms with Crippen molar-refractivity contribution in [1.82, 2.24) is 5.32 Å². The average Bonchev–Trinajstić information content (AvgIpc) is 2.95. The highest BCUT2D eigenvalue weighted by atomic mass is 35.5. The fraction of sp³-hybridized carbons (Fsp3) is 0.429. The Morgan fingerprint density at radius 3 is 2.86 bits per heavy atom. The van der Waals surface area contributed by atoms with Gasteiger partial charge in [-0.1, -0.05) is 23.2 Å².